The van der Waals surface area contributed by atoms with Gasteiger partial charge >= 0.3 is 12.1 Å². The van der Waals surface area contributed by atoms with Crippen LogP contribution in [-0.2, 0) is 14.8 Å². The smallest absolute Gasteiger partial charge is 0.475 e. The molecule has 0 amide bonds. The molecule has 29 heavy (non-hydrogen) atoms. The molecule has 0 fully saturated rings. The maximum atomic E-state index is 12.5. The second kappa shape index (κ2) is 8.35. The first-order valence-corrected chi connectivity index (χ1v) is 9.29. The van der Waals surface area contributed by atoms with Gasteiger partial charge in [-0.3, -0.25) is 9.52 Å². The summed E-state index contributed by atoms with van der Waals surface area (Å²) in [4.78, 5) is 20.1. The SMILES string of the molecule is Cc1ccccc1NS(=O)(=O)c1cc(C=O)c2occc2c1.O=C(O)C(F)(F)F. The van der Waals surface area contributed by atoms with Crippen molar-refractivity contribution in [2.24, 2.45) is 0 Å². The number of fused-ring (bicyclic) bond motifs is 1. The van der Waals surface area contributed by atoms with Crippen LogP contribution in [0, 0.1) is 6.92 Å². The van der Waals surface area contributed by atoms with E-state index >= 15 is 0 Å². The first-order chi connectivity index (χ1) is 13.5. The van der Waals surface area contributed by atoms with Crippen molar-refractivity contribution in [3.63, 3.8) is 0 Å². The number of carboxylic acids is 1. The molecule has 0 aliphatic rings. The lowest BCUT2D eigenvalue weighted by Crippen LogP contribution is -2.21. The van der Waals surface area contributed by atoms with Gasteiger partial charge in [0.2, 0.25) is 0 Å². The molecule has 3 aromatic rings. The van der Waals surface area contributed by atoms with Crippen LogP contribution >= 0.6 is 0 Å². The topological polar surface area (TPSA) is 114 Å². The van der Waals surface area contributed by atoms with Crippen molar-refractivity contribution in [3.05, 3.63) is 59.9 Å². The van der Waals surface area contributed by atoms with Gasteiger partial charge in [-0.15, -0.1) is 0 Å². The first kappa shape index (κ1) is 22.0. The van der Waals surface area contributed by atoms with Crippen molar-refractivity contribution >= 4 is 38.9 Å². The zero-order chi connectivity index (χ0) is 21.8. The van der Waals surface area contributed by atoms with Gasteiger partial charge in [-0.05, 0) is 36.8 Å². The molecule has 0 radical (unpaired) electrons. The highest BCUT2D eigenvalue weighted by atomic mass is 32.2. The molecule has 0 aliphatic carbocycles. The standard InChI is InChI=1S/C16H13NO4S.C2HF3O2/c1-11-4-2-3-5-15(11)17-22(19,20)14-8-12-6-7-21-16(12)13(9-14)10-18;3-2(4,5)1(6)7/h2-10,17H,1H3;(H,6,7). The quantitative estimate of drug-likeness (QED) is 0.607. The van der Waals surface area contributed by atoms with Gasteiger partial charge in [0.15, 0.2) is 6.29 Å². The number of hydrogen-bond acceptors (Lipinski definition) is 5. The largest absolute Gasteiger partial charge is 0.490 e. The Labute approximate surface area is 162 Å². The summed E-state index contributed by atoms with van der Waals surface area (Å²) in [6.45, 7) is 1.81. The highest BCUT2D eigenvalue weighted by molar-refractivity contribution is 7.92. The number of carboxylic acid groups (broad SMARTS) is 1. The summed E-state index contributed by atoms with van der Waals surface area (Å²) in [7, 11) is -3.79. The van der Waals surface area contributed by atoms with Gasteiger partial charge in [0.1, 0.15) is 5.58 Å². The Balaban J connectivity index is 0.000000370. The average molecular weight is 429 g/mol. The van der Waals surface area contributed by atoms with Crippen LogP contribution in [0.25, 0.3) is 11.0 Å². The Morgan fingerprint density at radius 1 is 1.17 bits per heavy atom. The maximum absolute atomic E-state index is 12.5. The van der Waals surface area contributed by atoms with Gasteiger partial charge in [0.05, 0.1) is 22.4 Å². The second-order valence-electron chi connectivity index (χ2n) is 5.69. The van der Waals surface area contributed by atoms with E-state index < -0.39 is 22.2 Å². The third kappa shape index (κ3) is 5.35. The maximum Gasteiger partial charge on any atom is 0.490 e. The van der Waals surface area contributed by atoms with E-state index in [0.29, 0.717) is 22.9 Å². The van der Waals surface area contributed by atoms with E-state index in [2.05, 4.69) is 4.72 Å². The summed E-state index contributed by atoms with van der Waals surface area (Å²) < 4.78 is 64.5. The van der Waals surface area contributed by atoms with Crippen LogP contribution < -0.4 is 4.72 Å². The zero-order valence-corrected chi connectivity index (χ0v) is 15.5. The number of anilines is 1. The minimum absolute atomic E-state index is 0.0201. The van der Waals surface area contributed by atoms with E-state index in [1.807, 2.05) is 19.1 Å². The molecule has 0 unspecified atom stereocenters. The monoisotopic (exact) mass is 429 g/mol. The highest BCUT2D eigenvalue weighted by Gasteiger charge is 2.38. The minimum Gasteiger partial charge on any atom is -0.475 e. The predicted octanol–water partition coefficient (Wildman–Crippen LogP) is 3.99. The van der Waals surface area contributed by atoms with Gasteiger partial charge in [0.25, 0.3) is 10.0 Å². The number of aryl methyl sites for hydroxylation is 1. The normalized spacial score (nSPS) is 11.4. The Morgan fingerprint density at radius 3 is 2.34 bits per heavy atom. The lowest BCUT2D eigenvalue weighted by Gasteiger charge is -2.11. The van der Waals surface area contributed by atoms with Crippen molar-refractivity contribution < 1.29 is 40.7 Å². The number of halogens is 3. The van der Waals surface area contributed by atoms with Crippen LogP contribution in [0.4, 0.5) is 18.9 Å². The molecule has 3 rings (SSSR count). The number of aldehydes is 1. The Hall–Kier alpha value is -3.34. The molecule has 0 atom stereocenters. The van der Waals surface area contributed by atoms with E-state index in [9.17, 15) is 26.4 Å². The lowest BCUT2D eigenvalue weighted by molar-refractivity contribution is -0.192. The van der Waals surface area contributed by atoms with Crippen LogP contribution in [0.3, 0.4) is 0 Å². The number of rotatable bonds is 4. The van der Waals surface area contributed by atoms with Gasteiger partial charge < -0.3 is 9.52 Å². The average Bonchev–Trinajstić information content (AvgIpc) is 3.11. The molecule has 11 heteroatoms. The van der Waals surface area contributed by atoms with Gasteiger partial charge in [-0.1, -0.05) is 18.2 Å². The molecular weight excluding hydrogens is 415 g/mol. The lowest BCUT2D eigenvalue weighted by atomic mass is 10.2. The number of aliphatic carboxylic acids is 1. The fourth-order valence-electron chi connectivity index (χ4n) is 2.21. The fraction of sp³-hybridized carbons (Fsp3) is 0.111. The van der Waals surface area contributed by atoms with Crippen molar-refractivity contribution in [2.75, 3.05) is 4.72 Å². The van der Waals surface area contributed by atoms with Crippen molar-refractivity contribution in [3.8, 4) is 0 Å². The van der Waals surface area contributed by atoms with Crippen LogP contribution in [0.15, 0.2) is 58.0 Å². The zero-order valence-electron chi connectivity index (χ0n) is 14.7. The third-order valence-corrected chi connectivity index (χ3v) is 4.97. The van der Waals surface area contributed by atoms with Crippen LogP contribution in [0.5, 0.6) is 0 Å². The number of para-hydroxylation sites is 1. The van der Waals surface area contributed by atoms with Crippen molar-refractivity contribution in [1.82, 2.24) is 0 Å². The summed E-state index contributed by atoms with van der Waals surface area (Å²) in [5, 5.41) is 7.69. The van der Waals surface area contributed by atoms with E-state index in [1.165, 1.54) is 18.4 Å². The molecule has 154 valence electrons. The third-order valence-electron chi connectivity index (χ3n) is 3.62. The number of carbonyl (C=O) groups excluding carboxylic acids is 1. The number of nitrogens with one attached hydrogen (secondary N) is 1. The predicted molar refractivity (Wildman–Crippen MR) is 97.3 cm³/mol. The summed E-state index contributed by atoms with van der Waals surface area (Å²) in [5.41, 5.74) is 1.89. The van der Waals surface area contributed by atoms with E-state index in [0.717, 1.165) is 5.56 Å². The van der Waals surface area contributed by atoms with Crippen molar-refractivity contribution in [1.29, 1.82) is 0 Å². The highest BCUT2D eigenvalue weighted by Crippen LogP contribution is 2.26. The Morgan fingerprint density at radius 2 is 1.79 bits per heavy atom. The van der Waals surface area contributed by atoms with Gasteiger partial charge in [-0.2, -0.15) is 13.2 Å². The molecule has 2 N–H and O–H groups in total. The molecule has 0 saturated heterocycles. The van der Waals surface area contributed by atoms with Crippen LogP contribution in [0.2, 0.25) is 0 Å². The molecule has 0 bridgehead atoms. The van der Waals surface area contributed by atoms with Gasteiger partial charge in [-0.25, -0.2) is 13.2 Å². The van der Waals surface area contributed by atoms with Gasteiger partial charge in [0, 0.05) is 5.39 Å². The number of sulfonamides is 1. The Bertz CT molecular complexity index is 1150. The molecule has 1 aromatic heterocycles. The molecule has 2 aromatic carbocycles. The molecule has 0 aliphatic heterocycles. The number of benzene rings is 2. The molecule has 1 heterocycles. The Kier molecular flexibility index (Phi) is 6.32. The van der Waals surface area contributed by atoms with Crippen molar-refractivity contribution in [2.45, 2.75) is 18.0 Å². The molecular formula is C18H14F3NO6S. The number of furan rings is 1. The van der Waals surface area contributed by atoms with Crippen LogP contribution in [0.1, 0.15) is 15.9 Å². The first-order valence-electron chi connectivity index (χ1n) is 7.80. The minimum atomic E-state index is -5.08. The fourth-order valence-corrected chi connectivity index (χ4v) is 3.42. The van der Waals surface area contributed by atoms with Crippen LogP contribution in [-0.4, -0.2) is 32.0 Å². The van der Waals surface area contributed by atoms with E-state index in [4.69, 9.17) is 14.3 Å². The summed E-state index contributed by atoms with van der Waals surface area (Å²) in [6.07, 6.45) is -3.08. The van der Waals surface area contributed by atoms with E-state index in [1.54, 1.807) is 18.2 Å². The molecule has 0 spiro atoms. The molecule has 7 nitrogen and oxygen atoms in total. The summed E-state index contributed by atoms with van der Waals surface area (Å²) in [6, 6.07) is 11.5. The summed E-state index contributed by atoms with van der Waals surface area (Å²) in [5.74, 6) is -2.76. The number of hydrogen-bond donors (Lipinski definition) is 2. The summed E-state index contributed by atoms with van der Waals surface area (Å²) >= 11 is 0. The number of alkyl halides is 3. The molecule has 0 saturated carbocycles. The number of carbonyl (C=O) groups is 2. The van der Waals surface area contributed by atoms with E-state index in [-0.39, 0.29) is 10.5 Å². The second-order valence-corrected chi connectivity index (χ2v) is 7.38.